The number of hydrogen-bond acceptors (Lipinski definition) is 8. The first-order chi connectivity index (χ1) is 18.9. The molecule has 206 valence electrons. The van der Waals surface area contributed by atoms with Crippen LogP contribution in [0.25, 0.3) is 0 Å². The molecular formula is C29H37N7O3. The number of hydrogen-bond donors (Lipinski definition) is 2. The fraction of sp³-hybridized carbons (Fsp3) is 0.517. The van der Waals surface area contributed by atoms with Gasteiger partial charge in [0.25, 0.3) is 11.8 Å². The van der Waals surface area contributed by atoms with Gasteiger partial charge in [-0.3, -0.25) is 9.59 Å². The Morgan fingerprint density at radius 2 is 1.90 bits per heavy atom. The Morgan fingerprint density at radius 3 is 2.64 bits per heavy atom. The lowest BCUT2D eigenvalue weighted by Gasteiger charge is -2.39. The lowest BCUT2D eigenvalue weighted by Crippen LogP contribution is -2.46. The second-order valence-electron chi connectivity index (χ2n) is 11.0. The normalized spacial score (nSPS) is 21.2. The molecule has 2 aromatic rings. The summed E-state index contributed by atoms with van der Waals surface area (Å²) < 4.78 is 6.00. The molecule has 1 aromatic carbocycles. The molecular weight excluding hydrogens is 494 g/mol. The molecule has 4 heterocycles. The summed E-state index contributed by atoms with van der Waals surface area (Å²) in [6.45, 7) is 4.42. The van der Waals surface area contributed by atoms with Crippen molar-refractivity contribution in [2.24, 2.45) is 0 Å². The fourth-order valence-electron chi connectivity index (χ4n) is 6.28. The summed E-state index contributed by atoms with van der Waals surface area (Å²) in [5, 5.41) is 6.57. The lowest BCUT2D eigenvalue weighted by atomic mass is 10.0. The summed E-state index contributed by atoms with van der Waals surface area (Å²) in [5.41, 5.74) is 3.68. The number of fused-ring (bicyclic) bond motifs is 2. The Labute approximate surface area is 229 Å². The molecule has 0 unspecified atom stereocenters. The first-order valence-corrected chi connectivity index (χ1v) is 14.1. The number of carbonyl (C=O) groups excluding carboxylic acids is 2. The van der Waals surface area contributed by atoms with E-state index in [4.69, 9.17) is 9.72 Å². The van der Waals surface area contributed by atoms with Crippen LogP contribution in [0, 0.1) is 0 Å². The van der Waals surface area contributed by atoms with E-state index in [1.165, 1.54) is 0 Å². The average Bonchev–Trinajstić information content (AvgIpc) is 3.65. The molecule has 2 fully saturated rings. The number of likely N-dealkylation sites (N-methyl/N-ethyl adjacent to an activating group) is 1. The van der Waals surface area contributed by atoms with Crippen molar-refractivity contribution in [3.05, 3.63) is 41.2 Å². The van der Waals surface area contributed by atoms with Gasteiger partial charge in [-0.2, -0.15) is 4.98 Å². The van der Waals surface area contributed by atoms with Crippen LogP contribution in [0.5, 0.6) is 5.75 Å². The van der Waals surface area contributed by atoms with Gasteiger partial charge in [-0.25, -0.2) is 4.98 Å². The Hall–Kier alpha value is -3.66. The number of allylic oxidation sites excluding steroid dienone is 1. The van der Waals surface area contributed by atoms with Crippen LogP contribution in [-0.2, 0) is 11.2 Å². The van der Waals surface area contributed by atoms with E-state index in [-0.39, 0.29) is 23.9 Å². The molecule has 0 spiro atoms. The maximum Gasteiger partial charge on any atom is 0.274 e. The number of nitrogens with one attached hydrogen (secondary N) is 2. The molecule has 6 rings (SSSR count). The summed E-state index contributed by atoms with van der Waals surface area (Å²) in [6, 6.07) is 4.18. The van der Waals surface area contributed by atoms with Crippen molar-refractivity contribution >= 4 is 35.0 Å². The van der Waals surface area contributed by atoms with Gasteiger partial charge in [-0.1, -0.05) is 18.9 Å². The highest BCUT2D eigenvalue weighted by atomic mass is 16.5. The summed E-state index contributed by atoms with van der Waals surface area (Å²) >= 11 is 0. The van der Waals surface area contributed by atoms with E-state index in [1.807, 2.05) is 25.1 Å². The third kappa shape index (κ3) is 4.71. The zero-order chi connectivity index (χ0) is 27.1. The predicted octanol–water partition coefficient (Wildman–Crippen LogP) is 3.61. The largest absolute Gasteiger partial charge is 0.491 e. The smallest absolute Gasteiger partial charge is 0.274 e. The van der Waals surface area contributed by atoms with Crippen LogP contribution in [0.1, 0.15) is 61.4 Å². The van der Waals surface area contributed by atoms with E-state index in [9.17, 15) is 9.59 Å². The van der Waals surface area contributed by atoms with Crippen LogP contribution in [-0.4, -0.2) is 72.6 Å². The van der Waals surface area contributed by atoms with Gasteiger partial charge in [0, 0.05) is 36.7 Å². The Kier molecular flexibility index (Phi) is 6.88. The number of anilines is 4. The molecule has 10 nitrogen and oxygen atoms in total. The third-order valence-corrected chi connectivity index (χ3v) is 8.49. The van der Waals surface area contributed by atoms with Gasteiger partial charge in [0.1, 0.15) is 17.1 Å². The zero-order valence-electron chi connectivity index (χ0n) is 23.0. The van der Waals surface area contributed by atoms with Gasteiger partial charge in [-0.05, 0) is 64.9 Å². The zero-order valence-corrected chi connectivity index (χ0v) is 23.0. The van der Waals surface area contributed by atoms with E-state index in [2.05, 4.69) is 32.5 Å². The second kappa shape index (κ2) is 10.5. The quantitative estimate of drug-likeness (QED) is 0.564. The second-order valence-corrected chi connectivity index (χ2v) is 11.0. The van der Waals surface area contributed by atoms with E-state index < -0.39 is 0 Å². The molecule has 39 heavy (non-hydrogen) atoms. The van der Waals surface area contributed by atoms with Crippen molar-refractivity contribution in [3.8, 4) is 5.75 Å². The maximum atomic E-state index is 13.2. The molecule has 0 atom stereocenters. The van der Waals surface area contributed by atoms with Crippen LogP contribution >= 0.6 is 0 Å². The minimum atomic E-state index is -0.0402. The highest BCUT2D eigenvalue weighted by molar-refractivity contribution is 6.12. The summed E-state index contributed by atoms with van der Waals surface area (Å²) in [4.78, 5) is 41.8. The van der Waals surface area contributed by atoms with Gasteiger partial charge < -0.3 is 30.1 Å². The minimum absolute atomic E-state index is 0.0401. The number of benzene rings is 1. The number of aromatic nitrogens is 2. The summed E-state index contributed by atoms with van der Waals surface area (Å²) in [7, 11) is 3.88. The molecule has 4 aliphatic rings. The minimum Gasteiger partial charge on any atom is -0.491 e. The summed E-state index contributed by atoms with van der Waals surface area (Å²) in [5.74, 6) is 1.77. The number of rotatable bonds is 5. The molecule has 1 aromatic heterocycles. The van der Waals surface area contributed by atoms with Crippen LogP contribution in [0.2, 0.25) is 0 Å². The van der Waals surface area contributed by atoms with E-state index >= 15 is 0 Å². The molecule has 1 saturated carbocycles. The Morgan fingerprint density at radius 1 is 1.13 bits per heavy atom. The van der Waals surface area contributed by atoms with Gasteiger partial charge in [-0.15, -0.1) is 0 Å². The van der Waals surface area contributed by atoms with Gasteiger partial charge >= 0.3 is 0 Å². The van der Waals surface area contributed by atoms with Crippen molar-refractivity contribution in [3.63, 3.8) is 0 Å². The van der Waals surface area contributed by atoms with Crippen molar-refractivity contribution in [1.29, 1.82) is 0 Å². The van der Waals surface area contributed by atoms with Crippen molar-refractivity contribution in [1.82, 2.24) is 20.2 Å². The van der Waals surface area contributed by atoms with Crippen LogP contribution in [0.3, 0.4) is 0 Å². The van der Waals surface area contributed by atoms with Crippen LogP contribution in [0.15, 0.2) is 30.1 Å². The molecule has 1 aliphatic carbocycles. The molecule has 0 bridgehead atoms. The monoisotopic (exact) mass is 531 g/mol. The van der Waals surface area contributed by atoms with E-state index in [0.717, 1.165) is 68.7 Å². The standard InChI is InChI=1S/C29H37N7O3/c1-4-23-28(38)35(3)24-17-30-29(33-26(24)36(23)19-7-5-6-8-19)32-22-10-9-21(20-13-16-39-25(20)22)27(37)31-18-11-14-34(2)15-12-18/h4,9-10,17-19H,5-8,11-16H2,1-3H3,(H,31,37)(H,30,32,33)/b23-4-. The molecule has 1 saturated heterocycles. The molecule has 2 amide bonds. The number of piperidine rings is 1. The number of carbonyl (C=O) groups is 2. The predicted molar refractivity (Wildman–Crippen MR) is 151 cm³/mol. The highest BCUT2D eigenvalue weighted by Crippen LogP contribution is 2.42. The van der Waals surface area contributed by atoms with Gasteiger partial charge in [0.2, 0.25) is 5.95 Å². The summed E-state index contributed by atoms with van der Waals surface area (Å²) in [6.07, 6.45) is 10.6. The van der Waals surface area contributed by atoms with Crippen molar-refractivity contribution < 1.29 is 14.3 Å². The Balaban J connectivity index is 1.28. The highest BCUT2D eigenvalue weighted by Gasteiger charge is 2.38. The van der Waals surface area contributed by atoms with Gasteiger partial charge in [0.15, 0.2) is 5.82 Å². The number of amides is 2. The average molecular weight is 532 g/mol. The SMILES string of the molecule is C/C=C1/C(=O)N(C)c2cnc(Nc3ccc(C(=O)NC4CCN(C)CC4)c4c3OCC4)nc2N1C1CCCC1. The first kappa shape index (κ1) is 25.6. The van der Waals surface area contributed by atoms with E-state index in [1.54, 1.807) is 18.1 Å². The topological polar surface area (TPSA) is 103 Å². The molecule has 10 heteroatoms. The molecule has 2 N–H and O–H groups in total. The maximum absolute atomic E-state index is 13.2. The molecule has 0 radical (unpaired) electrons. The van der Waals surface area contributed by atoms with Crippen LogP contribution < -0.4 is 25.2 Å². The van der Waals surface area contributed by atoms with E-state index in [0.29, 0.717) is 41.7 Å². The van der Waals surface area contributed by atoms with Crippen molar-refractivity contribution in [2.45, 2.75) is 64.0 Å². The third-order valence-electron chi connectivity index (χ3n) is 8.49. The Bertz CT molecular complexity index is 1310. The lowest BCUT2D eigenvalue weighted by molar-refractivity contribution is -0.115. The van der Waals surface area contributed by atoms with Crippen LogP contribution in [0.4, 0.5) is 23.1 Å². The fourth-order valence-corrected chi connectivity index (χ4v) is 6.28. The van der Waals surface area contributed by atoms with Gasteiger partial charge in [0.05, 0.1) is 18.5 Å². The number of ether oxygens (including phenoxy) is 1. The number of likely N-dealkylation sites (tertiary alicyclic amines) is 1. The number of nitrogens with zero attached hydrogens (tertiary/aromatic N) is 5. The first-order valence-electron chi connectivity index (χ1n) is 14.1. The van der Waals surface area contributed by atoms with Crippen molar-refractivity contribution in [2.75, 3.05) is 48.9 Å². The molecule has 3 aliphatic heterocycles.